The van der Waals surface area contributed by atoms with Gasteiger partial charge < -0.3 is 10.1 Å². The van der Waals surface area contributed by atoms with Gasteiger partial charge in [0.15, 0.2) is 5.82 Å². The van der Waals surface area contributed by atoms with Crippen LogP contribution >= 0.6 is 0 Å². The normalized spacial score (nSPS) is 15.3. The van der Waals surface area contributed by atoms with Gasteiger partial charge in [-0.25, -0.2) is 9.97 Å². The molecule has 0 radical (unpaired) electrons. The lowest BCUT2D eigenvalue weighted by Crippen LogP contribution is -2.18. The van der Waals surface area contributed by atoms with E-state index in [1.165, 1.54) is 0 Å². The summed E-state index contributed by atoms with van der Waals surface area (Å²) in [6.07, 6.45) is 6.87. The zero-order chi connectivity index (χ0) is 15.9. The molecule has 1 aliphatic heterocycles. The van der Waals surface area contributed by atoms with Gasteiger partial charge in [0.2, 0.25) is 5.91 Å². The molecule has 120 valence electrons. The van der Waals surface area contributed by atoms with Crippen molar-refractivity contribution in [2.24, 2.45) is 5.92 Å². The highest BCUT2D eigenvalue weighted by Crippen LogP contribution is 2.20. The van der Waals surface area contributed by atoms with Crippen molar-refractivity contribution < 1.29 is 9.53 Å². The number of carbonyl (C=O) groups is 1. The number of hydrogen-bond acceptors (Lipinski definition) is 4. The van der Waals surface area contributed by atoms with E-state index in [0.717, 1.165) is 38.0 Å². The largest absolute Gasteiger partial charge is 0.381 e. The van der Waals surface area contributed by atoms with E-state index in [2.05, 4.69) is 15.3 Å². The molecule has 0 aliphatic carbocycles. The van der Waals surface area contributed by atoms with Gasteiger partial charge in [0.1, 0.15) is 0 Å². The van der Waals surface area contributed by atoms with E-state index in [-0.39, 0.29) is 5.91 Å². The minimum atomic E-state index is 0.0209. The van der Waals surface area contributed by atoms with Gasteiger partial charge >= 0.3 is 0 Å². The van der Waals surface area contributed by atoms with Crippen molar-refractivity contribution >= 4 is 11.6 Å². The summed E-state index contributed by atoms with van der Waals surface area (Å²) in [5.74, 6) is 1.28. The Morgan fingerprint density at radius 3 is 2.52 bits per heavy atom. The summed E-state index contributed by atoms with van der Waals surface area (Å²) >= 11 is 0. The zero-order valence-electron chi connectivity index (χ0n) is 13.1. The molecule has 0 bridgehead atoms. The van der Waals surface area contributed by atoms with Crippen molar-refractivity contribution in [1.29, 1.82) is 0 Å². The van der Waals surface area contributed by atoms with Gasteiger partial charge in [-0.1, -0.05) is 30.3 Å². The summed E-state index contributed by atoms with van der Waals surface area (Å²) in [7, 11) is 0. The topological polar surface area (TPSA) is 64.1 Å². The van der Waals surface area contributed by atoms with Crippen molar-refractivity contribution in [3.05, 3.63) is 42.7 Å². The second kappa shape index (κ2) is 7.83. The van der Waals surface area contributed by atoms with Crippen molar-refractivity contribution in [2.45, 2.75) is 25.7 Å². The molecule has 0 atom stereocenters. The third-order valence-corrected chi connectivity index (χ3v) is 4.09. The molecule has 23 heavy (non-hydrogen) atoms. The zero-order valence-corrected chi connectivity index (χ0v) is 13.1. The smallest absolute Gasteiger partial charge is 0.224 e. The highest BCUT2D eigenvalue weighted by molar-refractivity contribution is 5.90. The van der Waals surface area contributed by atoms with Gasteiger partial charge in [-0.15, -0.1) is 0 Å². The van der Waals surface area contributed by atoms with Gasteiger partial charge in [-0.05, 0) is 25.2 Å². The molecule has 0 saturated carbocycles. The predicted molar refractivity (Wildman–Crippen MR) is 88.9 cm³/mol. The van der Waals surface area contributed by atoms with Crippen LogP contribution in [0.1, 0.15) is 25.7 Å². The molecule has 1 aromatic heterocycles. The summed E-state index contributed by atoms with van der Waals surface area (Å²) < 4.78 is 5.33. The molecule has 5 heteroatoms. The standard InChI is InChI=1S/C18H21N3O2/c22-17(7-6-14-8-10-23-11-9-14)21-16-12-19-18(20-13-16)15-4-2-1-3-5-15/h1-5,12-14H,6-11H2,(H,21,22). The molecule has 2 heterocycles. The van der Waals surface area contributed by atoms with Crippen LogP contribution < -0.4 is 5.32 Å². The van der Waals surface area contributed by atoms with Crippen LogP contribution in [0, 0.1) is 5.92 Å². The second-order valence-corrected chi connectivity index (χ2v) is 5.80. The van der Waals surface area contributed by atoms with E-state index < -0.39 is 0 Å². The summed E-state index contributed by atoms with van der Waals surface area (Å²) in [5.41, 5.74) is 1.60. The van der Waals surface area contributed by atoms with Crippen molar-refractivity contribution in [2.75, 3.05) is 18.5 Å². The highest BCUT2D eigenvalue weighted by Gasteiger charge is 2.15. The summed E-state index contributed by atoms with van der Waals surface area (Å²) in [4.78, 5) is 20.6. The SMILES string of the molecule is O=C(CCC1CCOCC1)Nc1cnc(-c2ccccc2)nc1. The lowest BCUT2D eigenvalue weighted by Gasteiger charge is -2.21. The molecule has 5 nitrogen and oxygen atoms in total. The van der Waals surface area contributed by atoms with Crippen LogP contribution in [0.3, 0.4) is 0 Å². The Bertz CT molecular complexity index is 622. The third kappa shape index (κ3) is 4.60. The van der Waals surface area contributed by atoms with Gasteiger partial charge in [0, 0.05) is 25.2 Å². The summed E-state index contributed by atoms with van der Waals surface area (Å²) in [6, 6.07) is 9.77. The van der Waals surface area contributed by atoms with Crippen molar-refractivity contribution in [1.82, 2.24) is 9.97 Å². The third-order valence-electron chi connectivity index (χ3n) is 4.09. The Hall–Kier alpha value is -2.27. The number of hydrogen-bond donors (Lipinski definition) is 1. The lowest BCUT2D eigenvalue weighted by atomic mass is 9.95. The van der Waals surface area contributed by atoms with Crippen LogP contribution in [0.2, 0.25) is 0 Å². The molecule has 1 fully saturated rings. The Balaban J connectivity index is 1.50. The minimum absolute atomic E-state index is 0.0209. The van der Waals surface area contributed by atoms with Gasteiger partial charge in [-0.3, -0.25) is 4.79 Å². The Kier molecular flexibility index (Phi) is 5.32. The molecule has 0 unspecified atom stereocenters. The molecule has 3 rings (SSSR count). The minimum Gasteiger partial charge on any atom is -0.381 e. The van der Waals surface area contributed by atoms with E-state index in [4.69, 9.17) is 4.74 Å². The number of anilines is 1. The molecule has 1 saturated heterocycles. The quantitative estimate of drug-likeness (QED) is 0.920. The Morgan fingerprint density at radius 2 is 1.83 bits per heavy atom. The van der Waals surface area contributed by atoms with Crippen LogP contribution in [0.5, 0.6) is 0 Å². The number of amides is 1. The number of aromatic nitrogens is 2. The van der Waals surface area contributed by atoms with Crippen LogP contribution in [0.15, 0.2) is 42.7 Å². The predicted octanol–water partition coefficient (Wildman–Crippen LogP) is 3.29. The Labute approximate surface area is 136 Å². The van der Waals surface area contributed by atoms with Crippen LogP contribution in [0.25, 0.3) is 11.4 Å². The number of ether oxygens (including phenoxy) is 1. The van der Waals surface area contributed by atoms with E-state index in [9.17, 15) is 4.79 Å². The summed E-state index contributed by atoms with van der Waals surface area (Å²) in [6.45, 7) is 1.64. The van der Waals surface area contributed by atoms with Crippen LogP contribution in [-0.2, 0) is 9.53 Å². The van der Waals surface area contributed by atoms with E-state index in [1.807, 2.05) is 30.3 Å². The average molecular weight is 311 g/mol. The fourth-order valence-electron chi connectivity index (χ4n) is 2.72. The van der Waals surface area contributed by atoms with E-state index in [1.54, 1.807) is 12.4 Å². The fraction of sp³-hybridized carbons (Fsp3) is 0.389. The van der Waals surface area contributed by atoms with E-state index >= 15 is 0 Å². The Morgan fingerprint density at radius 1 is 1.13 bits per heavy atom. The number of nitrogens with one attached hydrogen (secondary N) is 1. The summed E-state index contributed by atoms with van der Waals surface area (Å²) in [5, 5.41) is 2.86. The van der Waals surface area contributed by atoms with Crippen LogP contribution in [-0.4, -0.2) is 29.1 Å². The van der Waals surface area contributed by atoms with E-state index in [0.29, 0.717) is 23.9 Å². The second-order valence-electron chi connectivity index (χ2n) is 5.80. The fourth-order valence-corrected chi connectivity index (χ4v) is 2.72. The maximum atomic E-state index is 12.0. The average Bonchev–Trinajstić information content (AvgIpc) is 2.62. The maximum absolute atomic E-state index is 12.0. The number of rotatable bonds is 5. The molecule has 1 N–H and O–H groups in total. The van der Waals surface area contributed by atoms with Crippen molar-refractivity contribution in [3.63, 3.8) is 0 Å². The monoisotopic (exact) mass is 311 g/mol. The number of benzene rings is 1. The molecular weight excluding hydrogens is 290 g/mol. The first-order chi connectivity index (χ1) is 11.3. The molecular formula is C18H21N3O2. The van der Waals surface area contributed by atoms with Crippen LogP contribution in [0.4, 0.5) is 5.69 Å². The first kappa shape index (κ1) is 15.6. The lowest BCUT2D eigenvalue weighted by molar-refractivity contribution is -0.116. The molecule has 1 amide bonds. The number of nitrogens with zero attached hydrogens (tertiary/aromatic N) is 2. The molecule has 1 aliphatic rings. The first-order valence-corrected chi connectivity index (χ1v) is 8.06. The molecule has 1 aromatic carbocycles. The van der Waals surface area contributed by atoms with Gasteiger partial charge in [0.25, 0.3) is 0 Å². The molecule has 2 aromatic rings. The number of carbonyl (C=O) groups excluding carboxylic acids is 1. The van der Waals surface area contributed by atoms with Gasteiger partial charge in [-0.2, -0.15) is 0 Å². The first-order valence-electron chi connectivity index (χ1n) is 8.06. The molecule has 0 spiro atoms. The van der Waals surface area contributed by atoms with Gasteiger partial charge in [0.05, 0.1) is 18.1 Å². The van der Waals surface area contributed by atoms with Crippen molar-refractivity contribution in [3.8, 4) is 11.4 Å². The highest BCUT2D eigenvalue weighted by atomic mass is 16.5. The maximum Gasteiger partial charge on any atom is 0.224 e.